The molecule has 52 valence electrons. The van der Waals surface area contributed by atoms with Gasteiger partial charge in [-0.15, -0.1) is 4.91 Å². The minimum atomic E-state index is -1.07. The molecule has 9 heavy (non-hydrogen) atoms. The van der Waals surface area contributed by atoms with Crippen LogP contribution in [0.5, 0.6) is 0 Å². The molecule has 0 spiro atoms. The van der Waals surface area contributed by atoms with Crippen LogP contribution in [0.15, 0.2) is 5.18 Å². The summed E-state index contributed by atoms with van der Waals surface area (Å²) in [7, 11) is 0. The lowest BCUT2D eigenvalue weighted by Gasteiger charge is -2.06. The minimum absolute atomic E-state index is 0.406. The summed E-state index contributed by atoms with van der Waals surface area (Å²) in [6.07, 6.45) is 0. The van der Waals surface area contributed by atoms with Crippen LogP contribution < -0.4 is 0 Å². The summed E-state index contributed by atoms with van der Waals surface area (Å²) in [6.45, 7) is 2.43. The van der Waals surface area contributed by atoms with Gasteiger partial charge in [0.2, 0.25) is 6.54 Å². The summed E-state index contributed by atoms with van der Waals surface area (Å²) in [5.74, 6) is 0. The van der Waals surface area contributed by atoms with E-state index in [9.17, 15) is 15.0 Å². The molecule has 0 aromatic carbocycles. The van der Waals surface area contributed by atoms with E-state index in [0.29, 0.717) is 0 Å². The molecule has 0 aliphatic rings. The summed E-state index contributed by atoms with van der Waals surface area (Å²) >= 11 is 0. The van der Waals surface area contributed by atoms with Crippen LogP contribution in [-0.2, 0) is 0 Å². The maximum atomic E-state index is 9.81. The van der Waals surface area contributed by atoms with Gasteiger partial charge in [-0.3, -0.25) is 10.1 Å². The second-order valence-electron chi connectivity index (χ2n) is 2.39. The molecule has 0 aliphatic carbocycles. The molecule has 0 saturated heterocycles. The molecule has 0 bridgehead atoms. The number of hydrogen-bond acceptors (Lipinski definition) is 4. The third kappa shape index (κ3) is 3.57. The molecule has 0 heterocycles. The van der Waals surface area contributed by atoms with Gasteiger partial charge in [0, 0.05) is 4.92 Å². The van der Waals surface area contributed by atoms with Gasteiger partial charge in [-0.2, -0.15) is 0 Å². The Balaban J connectivity index is 3.86. The Morgan fingerprint density at radius 1 is 1.67 bits per heavy atom. The van der Waals surface area contributed by atoms with E-state index >= 15 is 0 Å². The number of nitrogens with zero attached hydrogens (tertiary/aromatic N) is 2. The number of hydrogen-bond donors (Lipinski definition) is 0. The Hall–Kier alpha value is -1.00. The van der Waals surface area contributed by atoms with Crippen LogP contribution in [0.25, 0.3) is 0 Å². The standard InChI is InChI=1S/C4H8N2O3/c1-4(2,5-7)3-6(8)9/h3H2,1-2H3. The van der Waals surface area contributed by atoms with Crippen molar-refractivity contribution in [1.29, 1.82) is 0 Å². The van der Waals surface area contributed by atoms with Crippen molar-refractivity contribution in [3.8, 4) is 0 Å². The number of nitro groups is 1. The summed E-state index contributed by atoms with van der Waals surface area (Å²) in [4.78, 5) is 19.0. The molecule has 0 N–H and O–H groups in total. The van der Waals surface area contributed by atoms with Gasteiger partial charge in [0.25, 0.3) is 0 Å². The highest BCUT2D eigenvalue weighted by Gasteiger charge is 2.24. The van der Waals surface area contributed by atoms with Crippen molar-refractivity contribution in [2.45, 2.75) is 19.4 Å². The Kier molecular flexibility index (Phi) is 2.24. The average molecular weight is 132 g/mol. The zero-order valence-electron chi connectivity index (χ0n) is 5.33. The lowest BCUT2D eigenvalue weighted by molar-refractivity contribution is -0.487. The molecule has 0 aromatic rings. The first-order valence-corrected chi connectivity index (χ1v) is 2.44. The van der Waals surface area contributed by atoms with Crippen molar-refractivity contribution in [3.63, 3.8) is 0 Å². The molecular formula is C4H8N2O3. The molecule has 0 aliphatic heterocycles. The van der Waals surface area contributed by atoms with Crippen molar-refractivity contribution in [1.82, 2.24) is 0 Å². The van der Waals surface area contributed by atoms with Crippen LogP contribution in [0, 0.1) is 15.0 Å². The van der Waals surface area contributed by atoms with Crippen molar-refractivity contribution in [2.75, 3.05) is 6.54 Å². The van der Waals surface area contributed by atoms with E-state index in [1.807, 2.05) is 0 Å². The summed E-state index contributed by atoms with van der Waals surface area (Å²) in [5, 5.41) is 12.3. The number of rotatable bonds is 3. The number of nitroso groups, excluding NO2 is 1. The van der Waals surface area contributed by atoms with Crippen molar-refractivity contribution in [3.05, 3.63) is 15.0 Å². The second kappa shape index (κ2) is 2.52. The van der Waals surface area contributed by atoms with Crippen LogP contribution in [0.1, 0.15) is 13.8 Å². The predicted molar refractivity (Wildman–Crippen MR) is 31.7 cm³/mol. The maximum Gasteiger partial charge on any atom is 0.231 e. The highest BCUT2D eigenvalue weighted by molar-refractivity contribution is 4.74. The topological polar surface area (TPSA) is 72.6 Å². The van der Waals surface area contributed by atoms with Gasteiger partial charge in [0.1, 0.15) is 0 Å². The van der Waals surface area contributed by atoms with E-state index in [4.69, 9.17) is 0 Å². The zero-order chi connectivity index (χ0) is 7.49. The average Bonchev–Trinajstić information content (AvgIpc) is 1.63. The smallest absolute Gasteiger partial charge is 0.231 e. The fourth-order valence-corrected chi connectivity index (χ4v) is 0.345. The molecule has 0 fully saturated rings. The van der Waals surface area contributed by atoms with Crippen LogP contribution in [0.3, 0.4) is 0 Å². The van der Waals surface area contributed by atoms with E-state index in [2.05, 4.69) is 5.18 Å². The molecule has 5 heteroatoms. The van der Waals surface area contributed by atoms with Gasteiger partial charge >= 0.3 is 0 Å². The van der Waals surface area contributed by atoms with Crippen molar-refractivity contribution >= 4 is 0 Å². The summed E-state index contributed by atoms with van der Waals surface area (Å²) in [6, 6.07) is 0. The lowest BCUT2D eigenvalue weighted by atomic mass is 10.1. The molecule has 0 aromatic heterocycles. The fourth-order valence-electron chi connectivity index (χ4n) is 0.345. The molecule has 0 unspecified atom stereocenters. The summed E-state index contributed by atoms with van der Waals surface area (Å²) < 4.78 is 0. The molecule has 0 amide bonds. The van der Waals surface area contributed by atoms with Gasteiger partial charge in [0.05, 0.1) is 0 Å². The highest BCUT2D eigenvalue weighted by Crippen LogP contribution is 2.06. The normalized spacial score (nSPS) is 10.9. The largest absolute Gasteiger partial charge is 0.264 e. The first kappa shape index (κ1) is 8.00. The first-order valence-electron chi connectivity index (χ1n) is 2.44. The Morgan fingerprint density at radius 3 is 2.22 bits per heavy atom. The van der Waals surface area contributed by atoms with Gasteiger partial charge in [0.15, 0.2) is 5.54 Å². The molecule has 0 rings (SSSR count). The van der Waals surface area contributed by atoms with Crippen LogP contribution >= 0.6 is 0 Å². The Bertz CT molecular complexity index is 132. The van der Waals surface area contributed by atoms with Crippen molar-refractivity contribution in [2.24, 2.45) is 5.18 Å². The van der Waals surface area contributed by atoms with E-state index in [-0.39, 0.29) is 0 Å². The van der Waals surface area contributed by atoms with Crippen LogP contribution in [0.4, 0.5) is 0 Å². The van der Waals surface area contributed by atoms with E-state index in [1.54, 1.807) is 0 Å². The SMILES string of the molecule is CC(C)(C[N+](=O)[O-])N=O. The van der Waals surface area contributed by atoms with E-state index < -0.39 is 17.0 Å². The zero-order valence-corrected chi connectivity index (χ0v) is 5.33. The molecular weight excluding hydrogens is 124 g/mol. The highest BCUT2D eigenvalue weighted by atomic mass is 16.6. The second-order valence-corrected chi connectivity index (χ2v) is 2.39. The Labute approximate surface area is 52.2 Å². The Morgan fingerprint density at radius 2 is 2.11 bits per heavy atom. The minimum Gasteiger partial charge on any atom is -0.264 e. The quantitative estimate of drug-likeness (QED) is 0.324. The van der Waals surface area contributed by atoms with Gasteiger partial charge in [-0.25, -0.2) is 0 Å². The van der Waals surface area contributed by atoms with Gasteiger partial charge in [-0.05, 0) is 13.8 Å². The van der Waals surface area contributed by atoms with Crippen LogP contribution in [0.2, 0.25) is 0 Å². The van der Waals surface area contributed by atoms with Gasteiger partial charge < -0.3 is 0 Å². The fraction of sp³-hybridized carbons (Fsp3) is 1.00. The summed E-state index contributed by atoms with van der Waals surface area (Å²) in [5.41, 5.74) is -1.07. The van der Waals surface area contributed by atoms with E-state index in [0.717, 1.165) is 0 Å². The van der Waals surface area contributed by atoms with Crippen molar-refractivity contribution < 1.29 is 4.92 Å². The third-order valence-corrected chi connectivity index (χ3v) is 0.763. The molecule has 0 saturated carbocycles. The lowest BCUT2D eigenvalue weighted by Crippen LogP contribution is -2.26. The monoisotopic (exact) mass is 132 g/mol. The molecule has 0 radical (unpaired) electrons. The van der Waals surface area contributed by atoms with Gasteiger partial charge in [-0.1, -0.05) is 5.18 Å². The van der Waals surface area contributed by atoms with Crippen LogP contribution in [-0.4, -0.2) is 17.0 Å². The maximum absolute atomic E-state index is 9.81. The first-order chi connectivity index (χ1) is 3.98. The molecule has 0 atom stereocenters. The van der Waals surface area contributed by atoms with E-state index in [1.165, 1.54) is 13.8 Å². The predicted octanol–water partition coefficient (Wildman–Crippen LogP) is 0.808. The molecule has 5 nitrogen and oxygen atoms in total. The third-order valence-electron chi connectivity index (χ3n) is 0.763.